The van der Waals surface area contributed by atoms with Gasteiger partial charge in [-0.3, -0.25) is 0 Å². The number of aliphatic hydroxyl groups excluding tert-OH is 1. The molecule has 0 aliphatic rings. The summed E-state index contributed by atoms with van der Waals surface area (Å²) in [4.78, 5) is 20.1. The van der Waals surface area contributed by atoms with Crippen molar-refractivity contribution in [1.29, 1.82) is 0 Å². The van der Waals surface area contributed by atoms with Gasteiger partial charge in [-0.15, -0.1) is 0 Å². The van der Waals surface area contributed by atoms with E-state index in [1.165, 1.54) is 6.20 Å². The Balaban J connectivity index is 2.83. The Hall–Kier alpha value is -1.69. The first-order valence-corrected chi connectivity index (χ1v) is 6.87. The van der Waals surface area contributed by atoms with Gasteiger partial charge in [0.25, 0.3) is 0 Å². The molecule has 1 atom stereocenters. The van der Waals surface area contributed by atoms with Crippen LogP contribution in [-0.4, -0.2) is 40.3 Å². The van der Waals surface area contributed by atoms with E-state index in [0.717, 1.165) is 0 Å². The van der Waals surface area contributed by atoms with Crippen LogP contribution in [0.15, 0.2) is 6.20 Å². The van der Waals surface area contributed by atoms with Crippen LogP contribution < -0.4 is 5.32 Å². The molecule has 1 rings (SSSR count). The molecule has 1 unspecified atom stereocenters. The third kappa shape index (κ3) is 4.45. The lowest BCUT2D eigenvalue weighted by Gasteiger charge is -2.21. The summed E-state index contributed by atoms with van der Waals surface area (Å²) < 4.78 is 4.93. The van der Waals surface area contributed by atoms with Crippen LogP contribution in [0.3, 0.4) is 0 Å². The molecular formula is C14H23N3O3. The van der Waals surface area contributed by atoms with Gasteiger partial charge in [0.1, 0.15) is 0 Å². The predicted molar refractivity (Wildman–Crippen MR) is 76.7 cm³/mol. The molecule has 0 aliphatic heterocycles. The summed E-state index contributed by atoms with van der Waals surface area (Å²) in [5, 5.41) is 12.2. The van der Waals surface area contributed by atoms with E-state index >= 15 is 0 Å². The molecule has 6 heteroatoms. The van der Waals surface area contributed by atoms with Gasteiger partial charge in [-0.2, -0.15) is 0 Å². The number of carbonyl (C=O) groups is 1. The molecule has 6 nitrogen and oxygen atoms in total. The maximum absolute atomic E-state index is 11.7. The Bertz CT molecular complexity index is 449. The molecule has 1 aromatic heterocycles. The Labute approximate surface area is 119 Å². The summed E-state index contributed by atoms with van der Waals surface area (Å²) in [6.07, 6.45) is 2.10. The number of aryl methyl sites for hydroxylation is 1. The molecule has 0 spiro atoms. The number of nitrogens with zero attached hydrogens (tertiary/aromatic N) is 2. The van der Waals surface area contributed by atoms with Gasteiger partial charge < -0.3 is 15.2 Å². The zero-order valence-corrected chi connectivity index (χ0v) is 12.5. The van der Waals surface area contributed by atoms with E-state index < -0.39 is 5.97 Å². The summed E-state index contributed by atoms with van der Waals surface area (Å²) in [5.41, 5.74) is 0.952. The lowest BCUT2D eigenvalue weighted by atomic mass is 10.0. The van der Waals surface area contributed by atoms with Crippen molar-refractivity contribution >= 4 is 11.9 Å². The van der Waals surface area contributed by atoms with Gasteiger partial charge in [-0.1, -0.05) is 13.8 Å². The van der Waals surface area contributed by atoms with Crippen molar-refractivity contribution in [2.24, 2.45) is 5.92 Å². The maximum Gasteiger partial charge on any atom is 0.341 e. The van der Waals surface area contributed by atoms with E-state index in [1.54, 1.807) is 13.8 Å². The fourth-order valence-electron chi connectivity index (χ4n) is 1.82. The van der Waals surface area contributed by atoms with Crippen LogP contribution >= 0.6 is 0 Å². The number of anilines is 1. The van der Waals surface area contributed by atoms with Crippen molar-refractivity contribution in [3.63, 3.8) is 0 Å². The van der Waals surface area contributed by atoms with E-state index in [0.29, 0.717) is 36.2 Å². The minimum absolute atomic E-state index is 0.0906. The fraction of sp³-hybridized carbons (Fsp3) is 0.643. The van der Waals surface area contributed by atoms with Crippen molar-refractivity contribution in [3.05, 3.63) is 17.5 Å². The molecule has 0 radical (unpaired) electrons. The highest BCUT2D eigenvalue weighted by molar-refractivity contribution is 5.90. The highest BCUT2D eigenvalue weighted by Gasteiger charge is 2.16. The van der Waals surface area contributed by atoms with Crippen molar-refractivity contribution in [2.45, 2.75) is 40.2 Å². The average Bonchev–Trinajstić information content (AvgIpc) is 2.38. The van der Waals surface area contributed by atoms with E-state index in [-0.39, 0.29) is 12.6 Å². The summed E-state index contributed by atoms with van der Waals surface area (Å²) in [7, 11) is 0. The molecule has 0 amide bonds. The molecule has 112 valence electrons. The number of ether oxygens (including phenoxy) is 1. The van der Waals surface area contributed by atoms with Crippen LogP contribution in [0.4, 0.5) is 5.95 Å². The molecule has 0 bridgehead atoms. The van der Waals surface area contributed by atoms with E-state index in [1.807, 2.05) is 0 Å². The minimum Gasteiger partial charge on any atom is -0.462 e. The highest BCUT2D eigenvalue weighted by Crippen LogP contribution is 2.14. The number of aliphatic hydroxyl groups is 1. The average molecular weight is 281 g/mol. The van der Waals surface area contributed by atoms with Gasteiger partial charge in [-0.05, 0) is 26.2 Å². The van der Waals surface area contributed by atoms with Crippen molar-refractivity contribution in [3.8, 4) is 0 Å². The second kappa shape index (κ2) is 7.79. The van der Waals surface area contributed by atoms with Gasteiger partial charge in [0, 0.05) is 18.8 Å². The molecule has 0 aliphatic carbocycles. The second-order valence-corrected chi connectivity index (χ2v) is 4.92. The lowest BCUT2D eigenvalue weighted by Crippen LogP contribution is -2.28. The van der Waals surface area contributed by atoms with Crippen molar-refractivity contribution in [2.75, 3.05) is 18.5 Å². The zero-order chi connectivity index (χ0) is 15.1. The molecule has 1 heterocycles. The van der Waals surface area contributed by atoms with E-state index in [2.05, 4.69) is 29.1 Å². The maximum atomic E-state index is 11.7. The predicted octanol–water partition coefficient (Wildman–Crippen LogP) is 1.78. The summed E-state index contributed by atoms with van der Waals surface area (Å²) in [5.74, 6) is 0.394. The van der Waals surface area contributed by atoms with Crippen LogP contribution in [0.25, 0.3) is 0 Å². The largest absolute Gasteiger partial charge is 0.462 e. The van der Waals surface area contributed by atoms with Gasteiger partial charge in [0.2, 0.25) is 5.95 Å². The lowest BCUT2D eigenvalue weighted by molar-refractivity contribution is 0.0524. The number of nitrogens with one attached hydrogen (secondary N) is 1. The van der Waals surface area contributed by atoms with E-state index in [4.69, 9.17) is 9.84 Å². The summed E-state index contributed by atoms with van der Waals surface area (Å²) in [6.45, 7) is 8.06. The number of carbonyl (C=O) groups excluding carboxylic acids is 1. The third-order valence-electron chi connectivity index (χ3n) is 3.03. The summed E-state index contributed by atoms with van der Waals surface area (Å²) in [6, 6.07) is 0.0906. The van der Waals surface area contributed by atoms with Crippen molar-refractivity contribution < 1.29 is 14.6 Å². The first-order chi connectivity index (χ1) is 9.49. The SMILES string of the molecule is CCOC(=O)c1cnc(NC(CCO)C(C)C)nc1C. The smallest absolute Gasteiger partial charge is 0.341 e. The van der Waals surface area contributed by atoms with Gasteiger partial charge >= 0.3 is 5.97 Å². The number of hydrogen-bond acceptors (Lipinski definition) is 6. The van der Waals surface area contributed by atoms with E-state index in [9.17, 15) is 4.79 Å². The van der Waals surface area contributed by atoms with Gasteiger partial charge in [-0.25, -0.2) is 14.8 Å². The quantitative estimate of drug-likeness (QED) is 0.741. The topological polar surface area (TPSA) is 84.3 Å². The molecule has 0 saturated heterocycles. The standard InChI is InChI=1S/C14H23N3O3/c1-5-20-13(19)11-8-15-14(16-10(11)4)17-12(6-7-18)9(2)3/h8-9,12,18H,5-7H2,1-4H3,(H,15,16,17). The van der Waals surface area contributed by atoms with Crippen LogP contribution in [0.5, 0.6) is 0 Å². The molecule has 0 fully saturated rings. The Morgan fingerprint density at radius 1 is 1.50 bits per heavy atom. The fourth-order valence-corrected chi connectivity index (χ4v) is 1.82. The monoisotopic (exact) mass is 281 g/mol. The van der Waals surface area contributed by atoms with Crippen LogP contribution in [-0.2, 0) is 4.74 Å². The van der Waals surface area contributed by atoms with Gasteiger partial charge in [0.15, 0.2) is 0 Å². The molecule has 1 aromatic rings. The van der Waals surface area contributed by atoms with Crippen LogP contribution in [0, 0.1) is 12.8 Å². The summed E-state index contributed by atoms with van der Waals surface area (Å²) >= 11 is 0. The number of rotatable bonds is 7. The zero-order valence-electron chi connectivity index (χ0n) is 12.5. The van der Waals surface area contributed by atoms with Crippen molar-refractivity contribution in [1.82, 2.24) is 9.97 Å². The number of hydrogen-bond donors (Lipinski definition) is 2. The second-order valence-electron chi connectivity index (χ2n) is 4.92. The Morgan fingerprint density at radius 3 is 2.70 bits per heavy atom. The highest BCUT2D eigenvalue weighted by atomic mass is 16.5. The van der Waals surface area contributed by atoms with Crippen LogP contribution in [0.1, 0.15) is 43.2 Å². The Morgan fingerprint density at radius 2 is 2.20 bits per heavy atom. The molecule has 0 aromatic carbocycles. The minimum atomic E-state index is -0.410. The van der Waals surface area contributed by atoms with Gasteiger partial charge in [0.05, 0.1) is 17.9 Å². The van der Waals surface area contributed by atoms with Crippen LogP contribution in [0.2, 0.25) is 0 Å². The normalized spacial score (nSPS) is 12.3. The number of aromatic nitrogens is 2. The first kappa shape index (κ1) is 16.4. The molecular weight excluding hydrogens is 258 g/mol. The third-order valence-corrected chi connectivity index (χ3v) is 3.03. The molecule has 20 heavy (non-hydrogen) atoms. The first-order valence-electron chi connectivity index (χ1n) is 6.87. The Kier molecular flexibility index (Phi) is 6.38. The molecule has 0 saturated carbocycles. The number of esters is 1. The molecule has 2 N–H and O–H groups in total.